The molecule has 0 spiro atoms. The van der Waals surface area contributed by atoms with Crippen LogP contribution >= 0.6 is 28.6 Å². The predicted molar refractivity (Wildman–Crippen MR) is 85.3 cm³/mol. The van der Waals surface area contributed by atoms with Gasteiger partial charge in [-0.25, -0.2) is 0 Å². The zero-order valence-electron chi connectivity index (χ0n) is 10.7. The van der Waals surface area contributed by atoms with Crippen molar-refractivity contribution in [2.75, 3.05) is 5.32 Å². The van der Waals surface area contributed by atoms with E-state index in [1.165, 1.54) is 0 Å². The molecular formula is C15H14BrNOS. The summed E-state index contributed by atoms with van der Waals surface area (Å²) in [6.45, 7) is 3.91. The summed E-state index contributed by atoms with van der Waals surface area (Å²) < 4.78 is 0.875. The van der Waals surface area contributed by atoms with Crippen LogP contribution in [0.25, 0.3) is 0 Å². The summed E-state index contributed by atoms with van der Waals surface area (Å²) in [6.07, 6.45) is 0. The largest absolute Gasteiger partial charge is 0.321 e. The van der Waals surface area contributed by atoms with E-state index in [-0.39, 0.29) is 5.91 Å². The number of carbonyl (C=O) groups is 1. The molecule has 4 heteroatoms. The van der Waals surface area contributed by atoms with E-state index in [9.17, 15) is 4.79 Å². The Morgan fingerprint density at radius 3 is 2.58 bits per heavy atom. The van der Waals surface area contributed by atoms with Gasteiger partial charge in [0, 0.05) is 14.9 Å². The average Bonchev–Trinajstić information content (AvgIpc) is 2.35. The number of aryl methyl sites for hydroxylation is 2. The van der Waals surface area contributed by atoms with Crippen LogP contribution in [0.1, 0.15) is 21.5 Å². The molecule has 0 aliphatic heterocycles. The summed E-state index contributed by atoms with van der Waals surface area (Å²) in [6, 6.07) is 11.4. The Morgan fingerprint density at radius 2 is 1.89 bits per heavy atom. The second-order valence-corrected chi connectivity index (χ2v) is 5.81. The van der Waals surface area contributed by atoms with Crippen molar-refractivity contribution in [1.29, 1.82) is 0 Å². The minimum atomic E-state index is -0.127. The Labute approximate surface area is 126 Å². The maximum Gasteiger partial charge on any atom is 0.255 e. The van der Waals surface area contributed by atoms with Crippen LogP contribution in [0.3, 0.4) is 0 Å². The summed E-state index contributed by atoms with van der Waals surface area (Å²) in [4.78, 5) is 13.0. The van der Waals surface area contributed by atoms with Gasteiger partial charge in [0.25, 0.3) is 5.91 Å². The smallest absolute Gasteiger partial charge is 0.255 e. The molecule has 98 valence electrons. The van der Waals surface area contributed by atoms with Crippen LogP contribution in [0.2, 0.25) is 0 Å². The van der Waals surface area contributed by atoms with Crippen molar-refractivity contribution >= 4 is 40.2 Å². The topological polar surface area (TPSA) is 29.1 Å². The highest BCUT2D eigenvalue weighted by molar-refractivity contribution is 9.10. The van der Waals surface area contributed by atoms with Crippen molar-refractivity contribution < 1.29 is 4.79 Å². The van der Waals surface area contributed by atoms with Gasteiger partial charge in [0.15, 0.2) is 0 Å². The lowest BCUT2D eigenvalue weighted by atomic mass is 10.1. The van der Waals surface area contributed by atoms with E-state index in [1.807, 2.05) is 44.2 Å². The molecule has 2 aromatic rings. The van der Waals surface area contributed by atoms with E-state index in [0.29, 0.717) is 5.56 Å². The highest BCUT2D eigenvalue weighted by atomic mass is 79.9. The fourth-order valence-corrected chi connectivity index (χ4v) is 2.56. The zero-order chi connectivity index (χ0) is 14.0. The first-order valence-electron chi connectivity index (χ1n) is 5.84. The van der Waals surface area contributed by atoms with Crippen LogP contribution in [0.15, 0.2) is 45.8 Å². The lowest BCUT2D eigenvalue weighted by molar-refractivity contribution is 0.102. The van der Waals surface area contributed by atoms with E-state index >= 15 is 0 Å². The Kier molecular flexibility index (Phi) is 4.32. The summed E-state index contributed by atoms with van der Waals surface area (Å²) in [7, 11) is 0. The number of carbonyl (C=O) groups excluding carboxylic acids is 1. The summed E-state index contributed by atoms with van der Waals surface area (Å²) in [5.74, 6) is -0.127. The maximum absolute atomic E-state index is 12.3. The van der Waals surface area contributed by atoms with E-state index in [0.717, 1.165) is 26.2 Å². The van der Waals surface area contributed by atoms with Crippen molar-refractivity contribution in [1.82, 2.24) is 0 Å². The third-order valence-electron chi connectivity index (χ3n) is 2.84. The first-order valence-corrected chi connectivity index (χ1v) is 7.08. The number of anilines is 1. The fraction of sp³-hybridized carbons (Fsp3) is 0.133. The number of halogens is 1. The molecule has 2 rings (SSSR count). The first-order chi connectivity index (χ1) is 8.97. The molecule has 0 fully saturated rings. The molecule has 0 saturated heterocycles. The molecule has 0 heterocycles. The number of amides is 1. The molecule has 1 amide bonds. The fourth-order valence-electron chi connectivity index (χ4n) is 1.77. The van der Waals surface area contributed by atoms with Gasteiger partial charge in [-0.15, -0.1) is 12.6 Å². The molecule has 0 radical (unpaired) electrons. The first kappa shape index (κ1) is 14.2. The van der Waals surface area contributed by atoms with Gasteiger partial charge in [-0.1, -0.05) is 12.1 Å². The second kappa shape index (κ2) is 5.80. The molecule has 0 saturated carbocycles. The molecular weight excluding hydrogens is 322 g/mol. The third kappa shape index (κ3) is 3.39. The van der Waals surface area contributed by atoms with Crippen LogP contribution in [0, 0.1) is 13.8 Å². The highest BCUT2D eigenvalue weighted by Crippen LogP contribution is 2.24. The van der Waals surface area contributed by atoms with Gasteiger partial charge in [-0.2, -0.15) is 0 Å². The van der Waals surface area contributed by atoms with Gasteiger partial charge in [-0.05, 0) is 65.2 Å². The highest BCUT2D eigenvalue weighted by Gasteiger charge is 2.11. The van der Waals surface area contributed by atoms with Crippen LogP contribution < -0.4 is 5.32 Å². The summed E-state index contributed by atoms with van der Waals surface area (Å²) in [5.41, 5.74) is 3.47. The van der Waals surface area contributed by atoms with Crippen LogP contribution in [0.4, 0.5) is 5.69 Å². The van der Waals surface area contributed by atoms with Crippen molar-refractivity contribution in [2.45, 2.75) is 18.7 Å². The molecule has 2 nitrogen and oxygen atoms in total. The number of hydrogen-bond donors (Lipinski definition) is 2. The number of rotatable bonds is 2. The van der Waals surface area contributed by atoms with E-state index < -0.39 is 0 Å². The molecule has 0 unspecified atom stereocenters. The van der Waals surface area contributed by atoms with Crippen LogP contribution in [-0.4, -0.2) is 5.91 Å². The van der Waals surface area contributed by atoms with Gasteiger partial charge < -0.3 is 5.32 Å². The molecule has 2 aromatic carbocycles. The van der Waals surface area contributed by atoms with Gasteiger partial charge in [0.2, 0.25) is 0 Å². The standard InChI is InChI=1S/C15H14BrNOS/c1-9-3-6-14(13(16)7-9)17-15(18)12-8-11(19)5-4-10(12)2/h3-8,19H,1-2H3,(H,17,18). The van der Waals surface area contributed by atoms with E-state index in [1.54, 1.807) is 6.07 Å². The average molecular weight is 336 g/mol. The van der Waals surface area contributed by atoms with Gasteiger partial charge in [-0.3, -0.25) is 4.79 Å². The molecule has 0 aliphatic rings. The maximum atomic E-state index is 12.3. The Balaban J connectivity index is 2.28. The Hall–Kier alpha value is -1.26. The van der Waals surface area contributed by atoms with Crippen molar-refractivity contribution in [3.8, 4) is 0 Å². The number of nitrogens with one attached hydrogen (secondary N) is 1. The lowest BCUT2D eigenvalue weighted by Gasteiger charge is -2.10. The van der Waals surface area contributed by atoms with Gasteiger partial charge in [0.1, 0.15) is 0 Å². The number of hydrogen-bond acceptors (Lipinski definition) is 2. The minimum absolute atomic E-state index is 0.127. The van der Waals surface area contributed by atoms with Crippen molar-refractivity contribution in [3.05, 3.63) is 57.6 Å². The molecule has 19 heavy (non-hydrogen) atoms. The lowest BCUT2D eigenvalue weighted by Crippen LogP contribution is -2.13. The minimum Gasteiger partial charge on any atom is -0.321 e. The quantitative estimate of drug-likeness (QED) is 0.771. The molecule has 0 bridgehead atoms. The molecule has 0 aromatic heterocycles. The normalized spacial score (nSPS) is 10.3. The molecule has 0 aliphatic carbocycles. The zero-order valence-corrected chi connectivity index (χ0v) is 13.2. The predicted octanol–water partition coefficient (Wildman–Crippen LogP) is 4.61. The Morgan fingerprint density at radius 1 is 1.16 bits per heavy atom. The molecule has 0 atom stereocenters. The van der Waals surface area contributed by atoms with Crippen LogP contribution in [0.5, 0.6) is 0 Å². The summed E-state index contributed by atoms with van der Waals surface area (Å²) in [5, 5.41) is 2.90. The number of benzene rings is 2. The van der Waals surface area contributed by atoms with E-state index in [2.05, 4.69) is 33.9 Å². The Bertz CT molecular complexity index is 640. The van der Waals surface area contributed by atoms with E-state index in [4.69, 9.17) is 0 Å². The third-order valence-corrected chi connectivity index (χ3v) is 3.77. The van der Waals surface area contributed by atoms with Crippen molar-refractivity contribution in [3.63, 3.8) is 0 Å². The monoisotopic (exact) mass is 335 g/mol. The van der Waals surface area contributed by atoms with Crippen LogP contribution in [-0.2, 0) is 0 Å². The number of thiol groups is 1. The SMILES string of the molecule is Cc1ccc(NC(=O)c2cc(S)ccc2C)c(Br)c1. The molecule has 1 N–H and O–H groups in total. The van der Waals surface area contributed by atoms with Gasteiger partial charge in [0.05, 0.1) is 5.69 Å². The van der Waals surface area contributed by atoms with Gasteiger partial charge >= 0.3 is 0 Å². The summed E-state index contributed by atoms with van der Waals surface area (Å²) >= 11 is 7.72. The second-order valence-electron chi connectivity index (χ2n) is 4.44. The van der Waals surface area contributed by atoms with Crippen molar-refractivity contribution in [2.24, 2.45) is 0 Å².